The minimum absolute atomic E-state index is 0.00965. The molecule has 2 saturated carbocycles. The van der Waals surface area contributed by atoms with Crippen LogP contribution in [0.2, 0.25) is 0 Å². The molecule has 5 atom stereocenters. The highest BCUT2D eigenvalue weighted by atomic mass is 16.2. The van der Waals surface area contributed by atoms with E-state index in [2.05, 4.69) is 30.6 Å². The summed E-state index contributed by atoms with van der Waals surface area (Å²) in [5, 5.41) is 15.3. The van der Waals surface area contributed by atoms with Crippen molar-refractivity contribution < 1.29 is 14.4 Å². The SMILES string of the molecule is CC1(C)[C@@H]2[C@@H](C(=O)N[C@H](C#N)C[C@@H]3CCNC3=O)N(C(=O)C3(c4ccccc4)CC3)C[C@@H]21. The Labute approximate surface area is 188 Å². The first-order valence-corrected chi connectivity index (χ1v) is 11.6. The second-order valence-electron chi connectivity index (χ2n) is 10.5. The predicted octanol–water partition coefficient (Wildman–Crippen LogP) is 1.74. The molecule has 3 amide bonds. The van der Waals surface area contributed by atoms with Crippen molar-refractivity contribution >= 4 is 17.7 Å². The topological polar surface area (TPSA) is 102 Å². The normalized spacial score (nSPS) is 31.8. The fraction of sp³-hybridized carbons (Fsp3) is 0.600. The van der Waals surface area contributed by atoms with Crippen molar-refractivity contribution in [3.05, 3.63) is 35.9 Å². The summed E-state index contributed by atoms with van der Waals surface area (Å²) >= 11 is 0. The zero-order chi connectivity index (χ0) is 22.7. The number of nitrogens with one attached hydrogen (secondary N) is 2. The summed E-state index contributed by atoms with van der Waals surface area (Å²) in [6.07, 6.45) is 2.59. The molecule has 7 nitrogen and oxygen atoms in total. The van der Waals surface area contributed by atoms with Gasteiger partial charge in [0.1, 0.15) is 12.1 Å². The van der Waals surface area contributed by atoms with Crippen LogP contribution < -0.4 is 10.6 Å². The molecule has 0 aromatic heterocycles. The van der Waals surface area contributed by atoms with Gasteiger partial charge in [-0.15, -0.1) is 0 Å². The molecule has 168 valence electrons. The van der Waals surface area contributed by atoms with Crippen LogP contribution in [0.5, 0.6) is 0 Å². The number of carbonyl (C=O) groups is 3. The number of carbonyl (C=O) groups excluding carboxylic acids is 3. The monoisotopic (exact) mass is 434 g/mol. The average molecular weight is 435 g/mol. The molecule has 32 heavy (non-hydrogen) atoms. The van der Waals surface area contributed by atoms with E-state index < -0.39 is 17.5 Å². The fourth-order valence-electron chi connectivity index (χ4n) is 6.13. The number of hydrogen-bond acceptors (Lipinski definition) is 4. The lowest BCUT2D eigenvalue weighted by molar-refractivity contribution is -0.142. The zero-order valence-electron chi connectivity index (χ0n) is 18.6. The molecule has 7 heteroatoms. The van der Waals surface area contributed by atoms with Crippen LogP contribution in [0.4, 0.5) is 0 Å². The minimum atomic E-state index is -0.738. The van der Waals surface area contributed by atoms with Crippen LogP contribution in [-0.2, 0) is 19.8 Å². The summed E-state index contributed by atoms with van der Waals surface area (Å²) in [4.78, 5) is 40.9. The molecule has 2 N–H and O–H groups in total. The quantitative estimate of drug-likeness (QED) is 0.712. The average Bonchev–Trinajstić information content (AvgIpc) is 3.55. The van der Waals surface area contributed by atoms with Gasteiger partial charge in [-0.25, -0.2) is 0 Å². The number of rotatable bonds is 6. The summed E-state index contributed by atoms with van der Waals surface area (Å²) in [6, 6.07) is 10.7. The third-order valence-corrected chi connectivity index (χ3v) is 8.38. The number of likely N-dealkylation sites (tertiary alicyclic amines) is 1. The Morgan fingerprint density at radius 2 is 2.00 bits per heavy atom. The molecule has 1 aromatic carbocycles. The second kappa shape index (κ2) is 7.33. The first-order valence-electron chi connectivity index (χ1n) is 11.6. The summed E-state index contributed by atoms with van der Waals surface area (Å²) in [5.41, 5.74) is 0.513. The van der Waals surface area contributed by atoms with Gasteiger partial charge in [-0.3, -0.25) is 14.4 Å². The first-order chi connectivity index (χ1) is 15.3. The molecular formula is C25H30N4O3. The minimum Gasteiger partial charge on any atom is -0.356 e. The van der Waals surface area contributed by atoms with E-state index in [9.17, 15) is 19.6 Å². The van der Waals surface area contributed by atoms with Crippen LogP contribution in [0.3, 0.4) is 0 Å². The number of fused-ring (bicyclic) bond motifs is 1. The Morgan fingerprint density at radius 3 is 2.59 bits per heavy atom. The van der Waals surface area contributed by atoms with E-state index in [0.29, 0.717) is 31.8 Å². The number of piperidine rings is 1. The summed E-state index contributed by atoms with van der Waals surface area (Å²) < 4.78 is 0. The van der Waals surface area contributed by atoms with Crippen LogP contribution in [-0.4, -0.2) is 47.8 Å². The van der Waals surface area contributed by atoms with Gasteiger partial charge >= 0.3 is 0 Å². The van der Waals surface area contributed by atoms with Gasteiger partial charge in [-0.1, -0.05) is 44.2 Å². The molecule has 0 radical (unpaired) electrons. The van der Waals surface area contributed by atoms with E-state index in [1.807, 2.05) is 30.3 Å². The third kappa shape index (κ3) is 3.19. The van der Waals surface area contributed by atoms with Crippen LogP contribution >= 0.6 is 0 Å². The standard InChI is InChI=1S/C25H30N4O3/c1-24(2)18-14-29(23(32)25(9-10-25)16-6-4-3-5-7-16)20(19(18)24)22(31)28-17(13-26)12-15-8-11-27-21(15)30/h3-7,15,17-20H,8-12,14H2,1-2H3,(H,27,30)(H,28,31)/t15-,17-,18-,19-,20-/m0/s1. The molecular weight excluding hydrogens is 404 g/mol. The lowest BCUT2D eigenvalue weighted by atomic mass is 9.92. The van der Waals surface area contributed by atoms with E-state index in [0.717, 1.165) is 18.4 Å². The molecule has 0 spiro atoms. The number of benzene rings is 1. The van der Waals surface area contributed by atoms with E-state index in [1.54, 1.807) is 4.90 Å². The number of nitrogens with zero attached hydrogens (tertiary/aromatic N) is 2. The van der Waals surface area contributed by atoms with Crippen molar-refractivity contribution in [2.24, 2.45) is 23.2 Å². The van der Waals surface area contributed by atoms with Gasteiger partial charge < -0.3 is 15.5 Å². The van der Waals surface area contributed by atoms with Gasteiger partial charge in [0.25, 0.3) is 0 Å². The molecule has 4 aliphatic rings. The van der Waals surface area contributed by atoms with Gasteiger partial charge in [0.2, 0.25) is 17.7 Å². The van der Waals surface area contributed by atoms with E-state index in [-0.39, 0.29) is 35.0 Å². The van der Waals surface area contributed by atoms with E-state index >= 15 is 0 Å². The highest BCUT2D eigenvalue weighted by Gasteiger charge is 2.71. The summed E-state index contributed by atoms with van der Waals surface area (Å²) in [6.45, 7) is 5.50. The van der Waals surface area contributed by atoms with Gasteiger partial charge in [-0.05, 0) is 48.5 Å². The lowest BCUT2D eigenvalue weighted by Gasteiger charge is -2.33. The van der Waals surface area contributed by atoms with Crippen LogP contribution in [0.15, 0.2) is 30.3 Å². The molecule has 5 rings (SSSR count). The third-order valence-electron chi connectivity index (χ3n) is 8.38. The highest BCUT2D eigenvalue weighted by Crippen LogP contribution is 2.66. The van der Waals surface area contributed by atoms with Gasteiger partial charge in [0.05, 0.1) is 11.5 Å². The molecule has 0 bridgehead atoms. The molecule has 0 unspecified atom stereocenters. The van der Waals surface area contributed by atoms with Crippen molar-refractivity contribution in [2.45, 2.75) is 57.0 Å². The molecule has 2 saturated heterocycles. The number of amides is 3. The van der Waals surface area contributed by atoms with Gasteiger partial charge in [0.15, 0.2) is 0 Å². The van der Waals surface area contributed by atoms with Crippen molar-refractivity contribution in [1.82, 2.24) is 15.5 Å². The molecule has 2 heterocycles. The first kappa shape index (κ1) is 21.0. The van der Waals surface area contributed by atoms with Crippen molar-refractivity contribution in [3.63, 3.8) is 0 Å². The molecule has 2 aliphatic heterocycles. The Kier molecular flexibility index (Phi) is 4.81. The Bertz CT molecular complexity index is 994. The van der Waals surface area contributed by atoms with Crippen molar-refractivity contribution in [2.75, 3.05) is 13.1 Å². The summed E-state index contributed by atoms with van der Waals surface area (Å²) in [5.74, 6) is -0.124. The maximum atomic E-state index is 13.7. The maximum Gasteiger partial charge on any atom is 0.244 e. The molecule has 1 aromatic rings. The summed E-state index contributed by atoms with van der Waals surface area (Å²) in [7, 11) is 0. The second-order valence-corrected chi connectivity index (χ2v) is 10.5. The highest BCUT2D eigenvalue weighted by molar-refractivity contribution is 5.96. The lowest BCUT2D eigenvalue weighted by Crippen LogP contribution is -2.54. The Morgan fingerprint density at radius 1 is 1.28 bits per heavy atom. The van der Waals surface area contributed by atoms with Gasteiger partial charge in [0, 0.05) is 19.0 Å². The molecule has 2 aliphatic carbocycles. The van der Waals surface area contributed by atoms with Crippen LogP contribution in [0, 0.1) is 34.5 Å². The Hall–Kier alpha value is -2.88. The maximum absolute atomic E-state index is 13.7. The largest absolute Gasteiger partial charge is 0.356 e. The number of hydrogen-bond donors (Lipinski definition) is 2. The zero-order valence-corrected chi connectivity index (χ0v) is 18.6. The van der Waals surface area contributed by atoms with Crippen molar-refractivity contribution in [3.8, 4) is 6.07 Å². The van der Waals surface area contributed by atoms with Crippen LogP contribution in [0.1, 0.15) is 45.1 Å². The van der Waals surface area contributed by atoms with E-state index in [1.165, 1.54) is 0 Å². The van der Waals surface area contributed by atoms with Gasteiger partial charge in [-0.2, -0.15) is 5.26 Å². The van der Waals surface area contributed by atoms with E-state index in [4.69, 9.17) is 0 Å². The smallest absolute Gasteiger partial charge is 0.244 e. The Balaban J connectivity index is 1.34. The van der Waals surface area contributed by atoms with Crippen molar-refractivity contribution in [1.29, 1.82) is 5.26 Å². The fourth-order valence-corrected chi connectivity index (χ4v) is 6.13. The van der Waals surface area contributed by atoms with Crippen LogP contribution in [0.25, 0.3) is 0 Å². The predicted molar refractivity (Wildman–Crippen MR) is 117 cm³/mol. The molecule has 4 fully saturated rings. The number of nitriles is 1.